The van der Waals surface area contributed by atoms with Gasteiger partial charge in [-0.3, -0.25) is 10.2 Å². The molecule has 3 rings (SSSR count). The van der Waals surface area contributed by atoms with Crippen LogP contribution in [-0.2, 0) is 11.0 Å². The molecular weight excluding hydrogens is 395 g/mol. The molecule has 0 saturated heterocycles. The molecule has 0 atom stereocenters. The van der Waals surface area contributed by atoms with Gasteiger partial charge in [0.05, 0.1) is 16.3 Å². The number of nitrogens with one attached hydrogen (secondary N) is 1. The second kappa shape index (κ2) is 7.23. The van der Waals surface area contributed by atoms with E-state index in [0.29, 0.717) is 22.0 Å². The van der Waals surface area contributed by atoms with Crippen LogP contribution in [0.2, 0.25) is 0 Å². The number of halogens is 3. The molecule has 0 aliphatic carbocycles. The van der Waals surface area contributed by atoms with Crippen LogP contribution in [0.3, 0.4) is 0 Å². The van der Waals surface area contributed by atoms with Crippen molar-refractivity contribution in [2.45, 2.75) is 33.9 Å². The van der Waals surface area contributed by atoms with Crippen molar-refractivity contribution in [2.24, 2.45) is 5.16 Å². The number of nitrogens with zero attached hydrogens (tertiary/aromatic N) is 4. The predicted molar refractivity (Wildman–Crippen MR) is 98.8 cm³/mol. The highest BCUT2D eigenvalue weighted by Gasteiger charge is 2.37. The number of benzene rings is 1. The zero-order valence-electron chi connectivity index (χ0n) is 15.4. The molecule has 1 aromatic carbocycles. The quantitative estimate of drug-likeness (QED) is 0.385. The zero-order valence-corrected chi connectivity index (χ0v) is 16.2. The van der Waals surface area contributed by atoms with Gasteiger partial charge in [-0.1, -0.05) is 34.7 Å². The van der Waals surface area contributed by atoms with Crippen LogP contribution in [0.1, 0.15) is 34.4 Å². The van der Waals surface area contributed by atoms with E-state index in [2.05, 4.69) is 20.6 Å². The molecule has 0 fully saturated rings. The Morgan fingerprint density at radius 2 is 1.89 bits per heavy atom. The van der Waals surface area contributed by atoms with E-state index in [1.165, 1.54) is 0 Å². The molecule has 0 aliphatic heterocycles. The smallest absolute Gasteiger partial charge is 0.297 e. The van der Waals surface area contributed by atoms with Gasteiger partial charge in [0.2, 0.25) is 4.96 Å². The molecule has 2 aromatic heterocycles. The van der Waals surface area contributed by atoms with Gasteiger partial charge in [-0.05, 0) is 38.8 Å². The first-order valence-electron chi connectivity index (χ1n) is 8.10. The van der Waals surface area contributed by atoms with E-state index in [1.807, 2.05) is 32.0 Å². The highest BCUT2D eigenvalue weighted by atomic mass is 32.1. The second-order valence-corrected chi connectivity index (χ2v) is 7.07. The lowest BCUT2D eigenvalue weighted by atomic mass is 10.1. The highest BCUT2D eigenvalue weighted by Crippen LogP contribution is 2.30. The van der Waals surface area contributed by atoms with E-state index in [4.69, 9.17) is 4.84 Å². The second-order valence-electron chi connectivity index (χ2n) is 6.09. The van der Waals surface area contributed by atoms with Crippen molar-refractivity contribution in [3.8, 4) is 0 Å². The van der Waals surface area contributed by atoms with Crippen molar-refractivity contribution in [1.82, 2.24) is 14.6 Å². The number of rotatable bonds is 3. The van der Waals surface area contributed by atoms with Gasteiger partial charge in [-0.2, -0.15) is 18.2 Å². The molecule has 11 heteroatoms. The number of amides is 1. The molecule has 7 nitrogen and oxygen atoms in total. The Labute approximate surface area is 161 Å². The van der Waals surface area contributed by atoms with Crippen LogP contribution in [0.5, 0.6) is 0 Å². The monoisotopic (exact) mass is 411 g/mol. The summed E-state index contributed by atoms with van der Waals surface area (Å²) in [5.41, 5.74) is 3.12. The Balaban J connectivity index is 1.77. The molecule has 0 unspecified atom stereocenters. The Bertz CT molecular complexity index is 1060. The first-order valence-corrected chi connectivity index (χ1v) is 8.92. The fourth-order valence-corrected chi connectivity index (χ4v) is 3.59. The van der Waals surface area contributed by atoms with Crippen LogP contribution in [0.15, 0.2) is 23.4 Å². The fourth-order valence-electron chi connectivity index (χ4n) is 2.59. The molecule has 28 heavy (non-hydrogen) atoms. The van der Waals surface area contributed by atoms with Crippen molar-refractivity contribution >= 4 is 33.8 Å². The molecule has 0 radical (unpaired) electrons. The normalized spacial score (nSPS) is 12.5. The number of carbonyl (C=O) groups is 1. The number of aryl methyl sites for hydroxylation is 3. The third-order valence-electron chi connectivity index (χ3n) is 3.97. The number of para-hydroxylation sites is 1. The van der Waals surface area contributed by atoms with Crippen molar-refractivity contribution < 1.29 is 22.8 Å². The van der Waals surface area contributed by atoms with E-state index in [-0.39, 0.29) is 4.96 Å². The minimum Gasteiger partial charge on any atom is -0.297 e. The van der Waals surface area contributed by atoms with Gasteiger partial charge in [0.15, 0.2) is 0 Å². The lowest BCUT2D eigenvalue weighted by Gasteiger charge is -2.09. The molecule has 1 amide bonds. The number of carbonyl (C=O) groups excluding carboxylic acids is 1. The number of hydrogen-bond acceptors (Lipinski definition) is 6. The van der Waals surface area contributed by atoms with Crippen LogP contribution in [0.4, 0.5) is 23.7 Å². The third-order valence-corrected chi connectivity index (χ3v) is 5.21. The van der Waals surface area contributed by atoms with Gasteiger partial charge in [0.1, 0.15) is 0 Å². The number of thiazole rings is 1. The maximum atomic E-state index is 12.7. The number of aromatic nitrogens is 3. The summed E-state index contributed by atoms with van der Waals surface area (Å²) < 4.78 is 39.2. The number of fused-ring (bicyclic) bond motifs is 1. The summed E-state index contributed by atoms with van der Waals surface area (Å²) in [6, 6.07) is 5.58. The van der Waals surface area contributed by atoms with Crippen molar-refractivity contribution in [1.29, 1.82) is 0 Å². The van der Waals surface area contributed by atoms with Gasteiger partial charge < -0.3 is 0 Å². The van der Waals surface area contributed by atoms with Gasteiger partial charge in [0.25, 0.3) is 5.82 Å². The Kier molecular flexibility index (Phi) is 5.11. The summed E-state index contributed by atoms with van der Waals surface area (Å²) in [7, 11) is 0. The third kappa shape index (κ3) is 3.84. The maximum Gasteiger partial charge on any atom is 0.453 e. The zero-order chi connectivity index (χ0) is 20.6. The summed E-state index contributed by atoms with van der Waals surface area (Å²) >= 11 is 0.976. The SMILES string of the molecule is C/C(=N\OC(=O)Nc1c(C)cccc1C)c1sc2nc(C(F)(F)F)nn2c1C. The van der Waals surface area contributed by atoms with Crippen LogP contribution >= 0.6 is 11.3 Å². The van der Waals surface area contributed by atoms with E-state index in [0.717, 1.165) is 27.0 Å². The number of hydrogen-bond donors (Lipinski definition) is 1. The molecular formula is C17H16F3N5O2S. The van der Waals surface area contributed by atoms with Crippen molar-refractivity contribution in [3.63, 3.8) is 0 Å². The standard InChI is InChI=1S/C17H16F3N5O2S/c1-8-6-5-7-9(2)12(8)21-16(26)27-24-10(3)13-11(4)25-15(28-13)22-14(23-25)17(18,19)20/h5-7H,1-4H3,(H,21,26)/b24-10+. The van der Waals surface area contributed by atoms with Gasteiger partial charge in [-0.25, -0.2) is 9.31 Å². The Morgan fingerprint density at radius 1 is 1.25 bits per heavy atom. The largest absolute Gasteiger partial charge is 0.453 e. The van der Waals surface area contributed by atoms with Crippen LogP contribution in [0, 0.1) is 20.8 Å². The first-order chi connectivity index (χ1) is 13.1. The molecule has 0 bridgehead atoms. The minimum atomic E-state index is -4.61. The lowest BCUT2D eigenvalue weighted by molar-refractivity contribution is -0.144. The highest BCUT2D eigenvalue weighted by molar-refractivity contribution is 7.19. The molecule has 148 valence electrons. The van der Waals surface area contributed by atoms with E-state index < -0.39 is 18.1 Å². The Morgan fingerprint density at radius 3 is 2.46 bits per heavy atom. The summed E-state index contributed by atoms with van der Waals surface area (Å²) in [6.45, 7) is 6.87. The van der Waals surface area contributed by atoms with Crippen molar-refractivity contribution in [3.05, 3.63) is 45.7 Å². The minimum absolute atomic E-state index is 0.0781. The van der Waals surface area contributed by atoms with Gasteiger partial charge >= 0.3 is 12.3 Å². The van der Waals surface area contributed by atoms with E-state index >= 15 is 0 Å². The molecule has 1 N–H and O–H groups in total. The van der Waals surface area contributed by atoms with E-state index in [9.17, 15) is 18.0 Å². The van der Waals surface area contributed by atoms with Crippen molar-refractivity contribution in [2.75, 3.05) is 5.32 Å². The average Bonchev–Trinajstić information content (AvgIpc) is 3.16. The lowest BCUT2D eigenvalue weighted by Crippen LogP contribution is -2.14. The topological polar surface area (TPSA) is 80.9 Å². The van der Waals surface area contributed by atoms with E-state index in [1.54, 1.807) is 13.8 Å². The molecule has 3 aromatic rings. The molecule has 2 heterocycles. The maximum absolute atomic E-state index is 12.7. The number of oxime groups is 1. The fraction of sp³-hybridized carbons (Fsp3) is 0.294. The summed E-state index contributed by atoms with van der Waals surface area (Å²) in [4.78, 5) is 21.0. The van der Waals surface area contributed by atoms with Crippen LogP contribution in [0.25, 0.3) is 4.96 Å². The van der Waals surface area contributed by atoms with Crippen LogP contribution < -0.4 is 5.32 Å². The van der Waals surface area contributed by atoms with Crippen LogP contribution in [-0.4, -0.2) is 26.4 Å². The number of anilines is 1. The summed E-state index contributed by atoms with van der Waals surface area (Å²) in [5.74, 6) is -1.20. The van der Waals surface area contributed by atoms with Gasteiger partial charge in [0, 0.05) is 5.69 Å². The summed E-state index contributed by atoms with van der Waals surface area (Å²) in [6.07, 6.45) is -5.38. The average molecular weight is 411 g/mol. The van der Waals surface area contributed by atoms with Gasteiger partial charge in [-0.15, -0.1) is 5.10 Å². The molecule has 0 saturated carbocycles. The summed E-state index contributed by atoms with van der Waals surface area (Å²) in [5, 5.41) is 9.88. The molecule has 0 spiro atoms. The number of alkyl halides is 3. The first kappa shape index (κ1) is 19.8. The molecule has 0 aliphatic rings. The predicted octanol–water partition coefficient (Wildman–Crippen LogP) is 4.71. The Hall–Kier alpha value is -2.95.